The molecule has 10 heteroatoms. The van der Waals surface area contributed by atoms with Crippen LogP contribution in [0.1, 0.15) is 11.5 Å². The molecule has 18 heavy (non-hydrogen) atoms. The molecule has 0 saturated carbocycles. The van der Waals surface area contributed by atoms with Crippen LogP contribution in [0.3, 0.4) is 0 Å². The first kappa shape index (κ1) is 12.1. The molecule has 1 atom stereocenters. The molecule has 0 aromatic carbocycles. The zero-order valence-electron chi connectivity index (χ0n) is 9.63. The van der Waals surface area contributed by atoms with Gasteiger partial charge in [0, 0.05) is 12.6 Å². The predicted octanol–water partition coefficient (Wildman–Crippen LogP) is -2.20. The van der Waals surface area contributed by atoms with E-state index in [1.807, 2.05) is 0 Å². The van der Waals surface area contributed by atoms with Gasteiger partial charge >= 0.3 is 5.97 Å². The minimum Gasteiger partial charge on any atom is -0.480 e. The molecule has 2 aromatic heterocycles. The van der Waals surface area contributed by atoms with Gasteiger partial charge in [0.05, 0.1) is 12.7 Å². The molecule has 0 saturated heterocycles. The van der Waals surface area contributed by atoms with E-state index in [0.29, 0.717) is 18.1 Å². The molecule has 0 amide bonds. The normalized spacial score (nSPS) is 12.6. The minimum absolute atomic E-state index is 0.128. The second-order valence-electron chi connectivity index (χ2n) is 3.75. The molecule has 0 fully saturated rings. The number of aryl methyl sites for hydroxylation is 1. The van der Waals surface area contributed by atoms with E-state index >= 15 is 0 Å². The quantitative estimate of drug-likeness (QED) is 0.611. The highest BCUT2D eigenvalue weighted by molar-refractivity contribution is 5.73. The molecule has 1 unspecified atom stereocenters. The number of aromatic nitrogens is 7. The van der Waals surface area contributed by atoms with Crippen LogP contribution in [0.15, 0.2) is 6.20 Å². The van der Waals surface area contributed by atoms with Crippen LogP contribution in [0.4, 0.5) is 0 Å². The van der Waals surface area contributed by atoms with Crippen LogP contribution in [0.25, 0.3) is 0 Å². The average Bonchev–Trinajstić information content (AvgIpc) is 2.89. The van der Waals surface area contributed by atoms with Gasteiger partial charge in [0.2, 0.25) is 0 Å². The zero-order chi connectivity index (χ0) is 13.1. The first-order valence-corrected chi connectivity index (χ1v) is 5.15. The molecule has 3 N–H and O–H groups in total. The summed E-state index contributed by atoms with van der Waals surface area (Å²) in [4.78, 5) is 11.9. The fourth-order valence-corrected chi connectivity index (χ4v) is 1.35. The van der Waals surface area contributed by atoms with Crippen LogP contribution in [0.2, 0.25) is 0 Å². The van der Waals surface area contributed by atoms with E-state index in [1.165, 1.54) is 9.48 Å². The SMILES string of the molecule is Cn1nnc(Cn2cc(CC(N)C(=O)O)nn2)n1. The summed E-state index contributed by atoms with van der Waals surface area (Å²) in [6, 6.07) is -0.982. The Morgan fingerprint density at radius 1 is 1.50 bits per heavy atom. The monoisotopic (exact) mass is 252 g/mol. The first-order valence-electron chi connectivity index (χ1n) is 5.15. The summed E-state index contributed by atoms with van der Waals surface area (Å²) >= 11 is 0. The van der Waals surface area contributed by atoms with Crippen molar-refractivity contribution in [3.8, 4) is 0 Å². The number of carbonyl (C=O) groups is 1. The van der Waals surface area contributed by atoms with Crippen molar-refractivity contribution in [3.05, 3.63) is 17.7 Å². The van der Waals surface area contributed by atoms with Gasteiger partial charge in [0.15, 0.2) is 5.82 Å². The van der Waals surface area contributed by atoms with E-state index in [0.717, 1.165) is 0 Å². The summed E-state index contributed by atoms with van der Waals surface area (Å²) < 4.78 is 1.50. The topological polar surface area (TPSA) is 138 Å². The fraction of sp³-hybridized carbons (Fsp3) is 0.500. The number of hydrogen-bond donors (Lipinski definition) is 2. The Hall–Kier alpha value is -2.36. The van der Waals surface area contributed by atoms with Crippen molar-refractivity contribution in [2.24, 2.45) is 12.8 Å². The van der Waals surface area contributed by atoms with Gasteiger partial charge < -0.3 is 10.8 Å². The van der Waals surface area contributed by atoms with Gasteiger partial charge in [-0.25, -0.2) is 4.68 Å². The Bertz CT molecular complexity index is 547. The average molecular weight is 252 g/mol. The maximum Gasteiger partial charge on any atom is 0.320 e. The molecular formula is C8H12N8O2. The molecule has 10 nitrogen and oxygen atoms in total. The molecule has 0 spiro atoms. The van der Waals surface area contributed by atoms with Crippen LogP contribution in [0, 0.1) is 0 Å². The predicted molar refractivity (Wildman–Crippen MR) is 57.2 cm³/mol. The standard InChI is InChI=1S/C8H12N8O2/c1-15-12-7(11-13-15)4-16-3-5(10-14-16)2-6(9)8(17)18/h3,6H,2,4,9H2,1H3,(H,17,18). The van der Waals surface area contributed by atoms with Gasteiger partial charge in [0.1, 0.15) is 12.6 Å². The lowest BCUT2D eigenvalue weighted by molar-refractivity contribution is -0.138. The molecule has 2 rings (SSSR count). The number of rotatable bonds is 5. The number of aliphatic carboxylic acids is 1. The van der Waals surface area contributed by atoms with Crippen molar-refractivity contribution < 1.29 is 9.90 Å². The van der Waals surface area contributed by atoms with Crippen LogP contribution < -0.4 is 5.73 Å². The number of tetrazole rings is 1. The van der Waals surface area contributed by atoms with Gasteiger partial charge in [-0.05, 0) is 5.21 Å². The zero-order valence-corrected chi connectivity index (χ0v) is 9.63. The van der Waals surface area contributed by atoms with Gasteiger partial charge in [-0.1, -0.05) is 5.21 Å². The van der Waals surface area contributed by atoms with E-state index in [2.05, 4.69) is 25.7 Å². The Morgan fingerprint density at radius 3 is 2.89 bits per heavy atom. The van der Waals surface area contributed by atoms with Crippen LogP contribution >= 0.6 is 0 Å². The Balaban J connectivity index is 2.00. The summed E-state index contributed by atoms with van der Waals surface area (Å²) in [6.45, 7) is 0.323. The summed E-state index contributed by atoms with van der Waals surface area (Å²) in [5, 5.41) is 27.8. The van der Waals surface area contributed by atoms with Crippen molar-refractivity contribution in [3.63, 3.8) is 0 Å². The summed E-state index contributed by atoms with van der Waals surface area (Å²) in [6.07, 6.45) is 1.74. The molecule has 0 aliphatic heterocycles. The Labute approximate surface area is 101 Å². The van der Waals surface area contributed by atoms with Crippen molar-refractivity contribution in [1.29, 1.82) is 0 Å². The summed E-state index contributed by atoms with van der Waals surface area (Å²) in [5.74, 6) is -0.573. The van der Waals surface area contributed by atoms with E-state index in [9.17, 15) is 4.79 Å². The number of hydrogen-bond acceptors (Lipinski definition) is 7. The number of carboxylic acid groups (broad SMARTS) is 1. The van der Waals surface area contributed by atoms with Crippen LogP contribution in [-0.4, -0.2) is 52.3 Å². The van der Waals surface area contributed by atoms with Crippen molar-refractivity contribution in [2.75, 3.05) is 0 Å². The summed E-state index contributed by atoms with van der Waals surface area (Å²) in [7, 11) is 1.66. The van der Waals surface area contributed by atoms with E-state index in [-0.39, 0.29) is 6.42 Å². The van der Waals surface area contributed by atoms with Gasteiger partial charge in [-0.3, -0.25) is 4.79 Å². The van der Waals surface area contributed by atoms with Gasteiger partial charge in [-0.15, -0.1) is 15.3 Å². The third-order valence-electron chi connectivity index (χ3n) is 2.19. The molecule has 2 aromatic rings. The van der Waals surface area contributed by atoms with Crippen LogP contribution in [-0.2, 0) is 24.8 Å². The van der Waals surface area contributed by atoms with Crippen molar-refractivity contribution in [2.45, 2.75) is 19.0 Å². The van der Waals surface area contributed by atoms with Crippen LogP contribution in [0.5, 0.6) is 0 Å². The molecule has 0 aliphatic carbocycles. The number of nitrogens with two attached hydrogens (primary N) is 1. The minimum atomic E-state index is -1.07. The highest BCUT2D eigenvalue weighted by atomic mass is 16.4. The Morgan fingerprint density at radius 2 is 2.28 bits per heavy atom. The van der Waals surface area contributed by atoms with E-state index in [1.54, 1.807) is 13.2 Å². The molecule has 0 bridgehead atoms. The van der Waals surface area contributed by atoms with Gasteiger partial charge in [0.25, 0.3) is 0 Å². The fourth-order valence-electron chi connectivity index (χ4n) is 1.35. The molecule has 0 aliphatic rings. The largest absolute Gasteiger partial charge is 0.480 e. The molecular weight excluding hydrogens is 240 g/mol. The second-order valence-corrected chi connectivity index (χ2v) is 3.75. The lowest BCUT2D eigenvalue weighted by Gasteiger charge is -2.01. The third-order valence-corrected chi connectivity index (χ3v) is 2.19. The smallest absolute Gasteiger partial charge is 0.320 e. The second kappa shape index (κ2) is 4.87. The number of carboxylic acids is 1. The van der Waals surface area contributed by atoms with E-state index in [4.69, 9.17) is 10.8 Å². The molecule has 2 heterocycles. The van der Waals surface area contributed by atoms with Gasteiger partial charge in [-0.2, -0.15) is 4.80 Å². The molecule has 96 valence electrons. The maximum absolute atomic E-state index is 10.6. The third kappa shape index (κ3) is 2.85. The highest BCUT2D eigenvalue weighted by Crippen LogP contribution is 1.99. The van der Waals surface area contributed by atoms with Crippen molar-refractivity contribution in [1.82, 2.24) is 35.2 Å². The lowest BCUT2D eigenvalue weighted by Crippen LogP contribution is -2.32. The summed E-state index contributed by atoms with van der Waals surface area (Å²) in [5.41, 5.74) is 5.91. The lowest BCUT2D eigenvalue weighted by atomic mass is 10.2. The van der Waals surface area contributed by atoms with Crippen molar-refractivity contribution >= 4 is 5.97 Å². The Kier molecular flexibility index (Phi) is 3.28. The number of nitrogens with zero attached hydrogens (tertiary/aromatic N) is 7. The maximum atomic E-state index is 10.6. The molecule has 0 radical (unpaired) electrons. The van der Waals surface area contributed by atoms with E-state index < -0.39 is 12.0 Å². The first-order chi connectivity index (χ1) is 8.54. The highest BCUT2D eigenvalue weighted by Gasteiger charge is 2.14.